The number of nitrogen functional groups attached to an aromatic ring is 1. The number of nitrogens with two attached hydrogens (primary N) is 1. The van der Waals surface area contributed by atoms with Gasteiger partial charge in [0.1, 0.15) is 11.6 Å². The van der Waals surface area contributed by atoms with E-state index >= 15 is 0 Å². The van der Waals surface area contributed by atoms with Crippen LogP contribution in [-0.2, 0) is 10.0 Å². The molecule has 7 heteroatoms. The van der Waals surface area contributed by atoms with Crippen molar-refractivity contribution in [2.75, 3.05) is 10.5 Å². The van der Waals surface area contributed by atoms with E-state index in [0.29, 0.717) is 0 Å². The molecule has 2 aromatic rings. The molecule has 0 aliphatic rings. The molecular formula is C11H11N3O3S. The van der Waals surface area contributed by atoms with Gasteiger partial charge in [-0.05, 0) is 36.3 Å². The zero-order valence-corrected chi connectivity index (χ0v) is 9.75. The number of hydrogen-bond acceptors (Lipinski definition) is 5. The van der Waals surface area contributed by atoms with E-state index in [1.807, 2.05) is 4.72 Å². The molecule has 0 fully saturated rings. The first kappa shape index (κ1) is 7.93. The van der Waals surface area contributed by atoms with Gasteiger partial charge in [0, 0.05) is 5.69 Å². The normalized spacial score (nSPS) is 14.2. The smallest absolute Gasteiger partial charge is 0.263 e. The number of aromatic nitrogens is 1. The highest BCUT2D eigenvalue weighted by Gasteiger charge is 2.14. The van der Waals surface area contributed by atoms with Crippen molar-refractivity contribution in [2.24, 2.45) is 0 Å². The van der Waals surface area contributed by atoms with E-state index in [9.17, 15) is 8.42 Å². The summed E-state index contributed by atoms with van der Waals surface area (Å²) >= 11 is 0. The fraction of sp³-hybridized carbons (Fsp3) is 0. The van der Waals surface area contributed by atoms with Crippen molar-refractivity contribution in [3.63, 3.8) is 0 Å². The average Bonchev–Trinajstić information content (AvgIpc) is 2.45. The fourth-order valence-corrected chi connectivity index (χ4v) is 1.95. The average molecular weight is 269 g/mol. The minimum Gasteiger partial charge on any atom is -0.506 e. The zero-order chi connectivity index (χ0) is 16.7. The third-order valence-corrected chi connectivity index (χ3v) is 3.10. The van der Waals surface area contributed by atoms with Crippen LogP contribution in [0.4, 0.5) is 11.5 Å². The fourth-order valence-electron chi connectivity index (χ4n) is 1.08. The van der Waals surface area contributed by atoms with Crippen LogP contribution >= 0.6 is 0 Å². The van der Waals surface area contributed by atoms with Gasteiger partial charge >= 0.3 is 0 Å². The van der Waals surface area contributed by atoms with Gasteiger partial charge in [0.2, 0.25) is 0 Å². The first-order chi connectivity index (χ1) is 10.1. The molecule has 1 aromatic carbocycles. The standard InChI is InChI=1S/C11H11N3O3S/c12-8-1-4-10(5-2-8)18(16,17)14-11-6-3-9(15)7-13-11/h1-7,15H,12H2,(H,13,14)/i1D,2D,4D,5D. The summed E-state index contributed by atoms with van der Waals surface area (Å²) in [5.41, 5.74) is 4.96. The highest BCUT2D eigenvalue weighted by atomic mass is 32.2. The van der Waals surface area contributed by atoms with Crippen LogP contribution in [0.25, 0.3) is 0 Å². The molecule has 94 valence electrons. The van der Waals surface area contributed by atoms with E-state index in [1.165, 1.54) is 12.1 Å². The molecule has 1 aromatic heterocycles. The van der Waals surface area contributed by atoms with Gasteiger partial charge in [-0.2, -0.15) is 0 Å². The Bertz CT molecular complexity index is 812. The van der Waals surface area contributed by atoms with Gasteiger partial charge in [-0.15, -0.1) is 0 Å². The van der Waals surface area contributed by atoms with Crippen LogP contribution in [0.1, 0.15) is 5.48 Å². The van der Waals surface area contributed by atoms with Crippen molar-refractivity contribution in [1.29, 1.82) is 0 Å². The highest BCUT2D eigenvalue weighted by molar-refractivity contribution is 7.92. The topological polar surface area (TPSA) is 105 Å². The number of hydrogen-bond donors (Lipinski definition) is 3. The molecule has 6 nitrogen and oxygen atoms in total. The Hall–Kier alpha value is -2.28. The molecule has 0 atom stereocenters. The van der Waals surface area contributed by atoms with E-state index in [4.69, 9.17) is 16.3 Å². The number of benzene rings is 1. The Labute approximate surface area is 110 Å². The van der Waals surface area contributed by atoms with Crippen LogP contribution in [0.15, 0.2) is 47.4 Å². The number of rotatable bonds is 3. The molecule has 18 heavy (non-hydrogen) atoms. The Kier molecular flexibility index (Phi) is 2.00. The Morgan fingerprint density at radius 3 is 2.50 bits per heavy atom. The van der Waals surface area contributed by atoms with Crippen LogP contribution in [0.2, 0.25) is 0 Å². The lowest BCUT2D eigenvalue weighted by Gasteiger charge is -2.07. The van der Waals surface area contributed by atoms with Gasteiger partial charge in [-0.1, -0.05) is 0 Å². The number of nitrogens with one attached hydrogen (secondary N) is 1. The second kappa shape index (κ2) is 4.53. The van der Waals surface area contributed by atoms with Gasteiger partial charge in [-0.3, -0.25) is 4.72 Å². The largest absolute Gasteiger partial charge is 0.506 e. The minimum absolute atomic E-state index is 0.147. The van der Waals surface area contributed by atoms with Gasteiger partial charge < -0.3 is 10.8 Å². The van der Waals surface area contributed by atoms with Crippen LogP contribution in [0.3, 0.4) is 0 Å². The Morgan fingerprint density at radius 2 is 1.94 bits per heavy atom. The summed E-state index contributed by atoms with van der Waals surface area (Å²) in [5.74, 6) is -0.314. The van der Waals surface area contributed by atoms with Gasteiger partial charge in [0.25, 0.3) is 10.0 Å². The number of pyridine rings is 1. The number of sulfonamides is 1. The van der Waals surface area contributed by atoms with Crippen molar-refractivity contribution in [1.82, 2.24) is 4.98 Å². The molecule has 0 saturated carbocycles. The first-order valence-corrected chi connectivity index (χ1v) is 6.17. The quantitative estimate of drug-likeness (QED) is 0.725. The number of aromatic hydroxyl groups is 1. The second-order valence-corrected chi connectivity index (χ2v) is 4.87. The van der Waals surface area contributed by atoms with Crippen molar-refractivity contribution < 1.29 is 19.0 Å². The molecular weight excluding hydrogens is 254 g/mol. The first-order valence-electron chi connectivity index (χ1n) is 6.69. The van der Waals surface area contributed by atoms with Crippen molar-refractivity contribution >= 4 is 21.5 Å². The van der Waals surface area contributed by atoms with Gasteiger partial charge in [0.05, 0.1) is 16.6 Å². The van der Waals surface area contributed by atoms with Crippen LogP contribution in [-0.4, -0.2) is 18.5 Å². The maximum atomic E-state index is 12.3. The van der Waals surface area contributed by atoms with E-state index in [1.54, 1.807) is 0 Å². The Morgan fingerprint density at radius 1 is 1.28 bits per heavy atom. The molecule has 0 aliphatic heterocycles. The van der Waals surface area contributed by atoms with E-state index in [-0.39, 0.29) is 11.6 Å². The van der Waals surface area contributed by atoms with E-state index in [0.717, 1.165) is 6.20 Å². The zero-order valence-electron chi connectivity index (χ0n) is 12.9. The third-order valence-electron chi connectivity index (χ3n) is 1.88. The molecule has 0 radical (unpaired) electrons. The molecule has 0 bridgehead atoms. The maximum absolute atomic E-state index is 12.3. The van der Waals surface area contributed by atoms with Gasteiger partial charge in [-0.25, -0.2) is 13.4 Å². The summed E-state index contributed by atoms with van der Waals surface area (Å²) in [7, 11) is -4.41. The summed E-state index contributed by atoms with van der Waals surface area (Å²) in [5, 5.41) is 9.10. The van der Waals surface area contributed by atoms with Crippen LogP contribution < -0.4 is 10.5 Å². The van der Waals surface area contributed by atoms with E-state index < -0.39 is 44.8 Å². The Balaban J connectivity index is 2.57. The molecule has 1 heterocycles. The van der Waals surface area contributed by atoms with Gasteiger partial charge in [0.15, 0.2) is 0 Å². The second-order valence-electron chi connectivity index (χ2n) is 3.25. The summed E-state index contributed by atoms with van der Waals surface area (Å²) < 4.78 is 57.1. The summed E-state index contributed by atoms with van der Waals surface area (Å²) in [4.78, 5) is 2.80. The predicted octanol–water partition coefficient (Wildman–Crippen LogP) is 1.17. The summed E-state index contributed by atoms with van der Waals surface area (Å²) in [6.45, 7) is 0. The molecule has 0 unspecified atom stereocenters. The van der Waals surface area contributed by atoms with E-state index in [2.05, 4.69) is 4.98 Å². The minimum atomic E-state index is -4.41. The third kappa shape index (κ3) is 2.69. The van der Waals surface area contributed by atoms with Crippen molar-refractivity contribution in [3.8, 4) is 5.75 Å². The molecule has 0 saturated heterocycles. The number of nitrogens with zero attached hydrogens (tertiary/aromatic N) is 1. The predicted molar refractivity (Wildman–Crippen MR) is 67.6 cm³/mol. The lowest BCUT2D eigenvalue weighted by atomic mass is 10.3. The summed E-state index contributed by atoms with van der Waals surface area (Å²) in [6, 6.07) is -0.446. The molecule has 0 amide bonds. The molecule has 0 spiro atoms. The highest BCUT2D eigenvalue weighted by Crippen LogP contribution is 2.17. The van der Waals surface area contributed by atoms with Crippen molar-refractivity contribution in [2.45, 2.75) is 4.90 Å². The molecule has 4 N–H and O–H groups in total. The molecule has 2 rings (SSSR count). The molecule has 0 aliphatic carbocycles. The van der Waals surface area contributed by atoms with Crippen LogP contribution in [0.5, 0.6) is 5.75 Å². The SMILES string of the molecule is [2H]c1c([2H])c(S(=O)(=O)Nc2ccc(O)cn2)c([2H])c([2H])c1N. The maximum Gasteiger partial charge on any atom is 0.263 e. The number of anilines is 2. The van der Waals surface area contributed by atoms with Crippen molar-refractivity contribution in [3.05, 3.63) is 42.5 Å². The lowest BCUT2D eigenvalue weighted by molar-refractivity contribution is 0.473. The monoisotopic (exact) mass is 269 g/mol. The lowest BCUT2D eigenvalue weighted by Crippen LogP contribution is -2.13. The van der Waals surface area contributed by atoms with Crippen LogP contribution in [0, 0.1) is 0 Å². The summed E-state index contributed by atoms with van der Waals surface area (Å²) in [6.07, 6.45) is 1.01.